The molecule has 0 aliphatic carbocycles. The quantitative estimate of drug-likeness (QED) is 0.0464. The van der Waals surface area contributed by atoms with Gasteiger partial charge in [-0.25, -0.2) is 19.9 Å². The molecular formula is C64H70N6O6. The number of benzene rings is 6. The van der Waals surface area contributed by atoms with Gasteiger partial charge in [-0.1, -0.05) is 148 Å². The molecule has 3 heterocycles. The molecule has 12 heteroatoms. The third kappa shape index (κ3) is 16.7. The number of ether oxygens (including phenoxy) is 4. The number of nitrogens with two attached hydrogens (primary N) is 1. The zero-order chi connectivity index (χ0) is 53.3. The predicted octanol–water partition coefficient (Wildman–Crippen LogP) is 13.2. The number of unbranched alkanes of at least 4 members (excludes halogenated alkanes) is 2. The number of imidazole rings is 1. The van der Waals surface area contributed by atoms with Gasteiger partial charge in [0.2, 0.25) is 12.2 Å². The van der Waals surface area contributed by atoms with Gasteiger partial charge in [-0.05, 0) is 97.5 Å². The molecule has 0 unspecified atom stereocenters. The summed E-state index contributed by atoms with van der Waals surface area (Å²) in [5.41, 5.74) is 16.9. The maximum atomic E-state index is 11.8. The topological polar surface area (TPSA) is 156 Å². The SMILES string of the molecule is CCCCOc1ccc(-c2cn3c(O)c(Cc4ccccc4)nc3c(Cc3ccccc3)n2)cc1.CCCCOc1ccc(-c2cnc(N)c(Cc3ccccc3)n2)cc1.CCOC(OCC)C(=O)Cc1ccccc1. The maximum absolute atomic E-state index is 11.8. The minimum Gasteiger partial charge on any atom is -0.494 e. The summed E-state index contributed by atoms with van der Waals surface area (Å²) in [6.07, 6.45) is 9.39. The van der Waals surface area contributed by atoms with Crippen molar-refractivity contribution in [3.63, 3.8) is 0 Å². The Morgan fingerprint density at radius 2 is 0.974 bits per heavy atom. The zero-order valence-corrected chi connectivity index (χ0v) is 44.2. The lowest BCUT2D eigenvalue weighted by atomic mass is 10.1. The van der Waals surface area contributed by atoms with Crippen LogP contribution in [0.4, 0.5) is 5.82 Å². The Morgan fingerprint density at radius 1 is 0.539 bits per heavy atom. The van der Waals surface area contributed by atoms with Crippen LogP contribution in [0.1, 0.15) is 92.7 Å². The average molecular weight is 1020 g/mol. The van der Waals surface area contributed by atoms with Gasteiger partial charge in [-0.3, -0.25) is 9.20 Å². The van der Waals surface area contributed by atoms with E-state index < -0.39 is 6.29 Å². The van der Waals surface area contributed by atoms with E-state index in [-0.39, 0.29) is 11.7 Å². The fraction of sp³-hybridized carbons (Fsp3) is 0.266. The molecule has 9 rings (SSSR count). The fourth-order valence-electron chi connectivity index (χ4n) is 8.12. The Morgan fingerprint density at radius 3 is 1.45 bits per heavy atom. The van der Waals surface area contributed by atoms with E-state index >= 15 is 0 Å². The van der Waals surface area contributed by atoms with Crippen LogP contribution in [-0.4, -0.2) is 67.9 Å². The summed E-state index contributed by atoms with van der Waals surface area (Å²) < 4.78 is 23.8. The zero-order valence-electron chi connectivity index (χ0n) is 44.2. The third-order valence-electron chi connectivity index (χ3n) is 12.2. The lowest BCUT2D eigenvalue weighted by molar-refractivity contribution is -0.167. The van der Waals surface area contributed by atoms with Gasteiger partial charge in [0, 0.05) is 56.2 Å². The van der Waals surface area contributed by atoms with Crippen molar-refractivity contribution in [3.8, 4) is 39.9 Å². The standard InChI is InChI=1S/C30H29N3O2.C21H23N3O.C13H18O3/c1-2-3-18-35-25-16-14-24(15-17-25)28-21-33-29(26(31-28)19-22-10-6-4-7-11-22)32-27(30(33)34)20-23-12-8-5-9-13-23;1-2-3-13-25-18-11-9-17(10-12-18)20-15-23-21(22)19(24-20)14-16-7-5-4-6-8-16;1-3-15-13(16-4-2)12(14)10-11-8-6-5-7-9-11/h4-17,21,34H,2-3,18-20H2,1H3;4-12,15H,2-3,13-14H2,1H3,(H2,22,23);5-9,13H,3-4,10H2,1-2H3. The fourth-order valence-corrected chi connectivity index (χ4v) is 8.12. The van der Waals surface area contributed by atoms with Gasteiger partial charge >= 0.3 is 0 Å². The number of ketones is 1. The van der Waals surface area contributed by atoms with E-state index in [1.54, 1.807) is 10.6 Å². The van der Waals surface area contributed by atoms with E-state index in [1.807, 2.05) is 166 Å². The van der Waals surface area contributed by atoms with Gasteiger partial charge in [-0.15, -0.1) is 0 Å². The number of hydrogen-bond acceptors (Lipinski definition) is 11. The smallest absolute Gasteiger partial charge is 0.219 e. The molecule has 3 aromatic heterocycles. The van der Waals surface area contributed by atoms with Crippen LogP contribution in [0.5, 0.6) is 17.4 Å². The molecule has 0 aliphatic heterocycles. The number of carbonyl (C=O) groups is 1. The van der Waals surface area contributed by atoms with E-state index in [0.717, 1.165) is 94.4 Å². The van der Waals surface area contributed by atoms with Crippen LogP contribution in [0, 0.1) is 0 Å². The minimum atomic E-state index is -0.727. The van der Waals surface area contributed by atoms with E-state index in [0.29, 0.717) is 62.7 Å². The number of aromatic hydroxyl groups is 1. The van der Waals surface area contributed by atoms with Crippen LogP contribution in [-0.2, 0) is 40.0 Å². The molecule has 0 bridgehead atoms. The van der Waals surface area contributed by atoms with Crippen LogP contribution in [0.25, 0.3) is 28.2 Å². The summed E-state index contributed by atoms with van der Waals surface area (Å²) in [4.78, 5) is 30.7. The number of fused-ring (bicyclic) bond motifs is 1. The number of Topliss-reactive ketones (excluding diaryl/α,β-unsaturated/α-hetero) is 1. The van der Waals surface area contributed by atoms with Crippen molar-refractivity contribution in [2.24, 2.45) is 0 Å². The largest absolute Gasteiger partial charge is 0.494 e. The summed E-state index contributed by atoms with van der Waals surface area (Å²) in [6.45, 7) is 10.4. The third-order valence-corrected chi connectivity index (χ3v) is 12.2. The molecule has 0 amide bonds. The highest BCUT2D eigenvalue weighted by Gasteiger charge is 2.20. The Balaban J connectivity index is 0.000000179. The molecule has 392 valence electrons. The summed E-state index contributed by atoms with van der Waals surface area (Å²) >= 11 is 0. The molecular weight excluding hydrogens is 949 g/mol. The maximum Gasteiger partial charge on any atom is 0.219 e. The number of carbonyl (C=O) groups excluding carboxylic acids is 1. The van der Waals surface area contributed by atoms with Crippen molar-refractivity contribution in [3.05, 3.63) is 222 Å². The molecule has 0 spiro atoms. The van der Waals surface area contributed by atoms with Gasteiger partial charge in [0.1, 0.15) is 23.0 Å². The Labute approximate surface area is 447 Å². The van der Waals surface area contributed by atoms with Gasteiger partial charge in [0.25, 0.3) is 0 Å². The van der Waals surface area contributed by atoms with Crippen molar-refractivity contribution >= 4 is 17.2 Å². The van der Waals surface area contributed by atoms with Crippen molar-refractivity contribution < 1.29 is 28.8 Å². The number of nitrogen functional groups attached to an aromatic ring is 1. The number of aromatic nitrogens is 5. The Hall–Kier alpha value is -8.19. The van der Waals surface area contributed by atoms with Gasteiger partial charge in [0.15, 0.2) is 11.4 Å². The average Bonchev–Trinajstić information content (AvgIpc) is 3.78. The van der Waals surface area contributed by atoms with Gasteiger partial charge < -0.3 is 29.8 Å². The second kappa shape index (κ2) is 29.6. The van der Waals surface area contributed by atoms with Crippen LogP contribution in [0.2, 0.25) is 0 Å². The van der Waals surface area contributed by atoms with Crippen molar-refractivity contribution in [1.82, 2.24) is 24.3 Å². The molecule has 0 radical (unpaired) electrons. The molecule has 0 fully saturated rings. The molecule has 0 saturated heterocycles. The molecule has 12 nitrogen and oxygen atoms in total. The normalized spacial score (nSPS) is 10.9. The lowest BCUT2D eigenvalue weighted by Gasteiger charge is -2.15. The van der Waals surface area contributed by atoms with Crippen LogP contribution >= 0.6 is 0 Å². The van der Waals surface area contributed by atoms with Crippen LogP contribution < -0.4 is 15.2 Å². The summed E-state index contributed by atoms with van der Waals surface area (Å²) in [6, 6.07) is 56.0. The van der Waals surface area contributed by atoms with Crippen LogP contribution in [0.3, 0.4) is 0 Å². The Kier molecular flexibility index (Phi) is 21.7. The molecule has 0 atom stereocenters. The van der Waals surface area contributed by atoms with Crippen LogP contribution in [0.15, 0.2) is 182 Å². The summed E-state index contributed by atoms with van der Waals surface area (Å²) in [5, 5.41) is 11.1. The first-order chi connectivity index (χ1) is 37.2. The molecule has 3 N–H and O–H groups in total. The number of nitrogens with zero attached hydrogens (tertiary/aromatic N) is 5. The first-order valence-electron chi connectivity index (χ1n) is 26.3. The van der Waals surface area contributed by atoms with Crippen molar-refractivity contribution in [2.75, 3.05) is 32.2 Å². The lowest BCUT2D eigenvalue weighted by Crippen LogP contribution is -2.29. The molecule has 6 aromatic carbocycles. The predicted molar refractivity (Wildman–Crippen MR) is 303 cm³/mol. The van der Waals surface area contributed by atoms with Crippen molar-refractivity contribution in [2.45, 2.75) is 85.4 Å². The molecule has 0 saturated carbocycles. The minimum absolute atomic E-state index is 0.0325. The molecule has 76 heavy (non-hydrogen) atoms. The van der Waals surface area contributed by atoms with Crippen molar-refractivity contribution in [1.29, 1.82) is 0 Å². The molecule has 0 aliphatic rings. The van der Waals surface area contributed by atoms with E-state index in [9.17, 15) is 9.90 Å². The van der Waals surface area contributed by atoms with Gasteiger partial charge in [-0.2, -0.15) is 0 Å². The van der Waals surface area contributed by atoms with Gasteiger partial charge in [0.05, 0.1) is 42.2 Å². The summed E-state index contributed by atoms with van der Waals surface area (Å²) in [7, 11) is 0. The number of hydrogen-bond donors (Lipinski definition) is 2. The first-order valence-corrected chi connectivity index (χ1v) is 26.3. The first kappa shape index (κ1) is 55.6. The number of anilines is 1. The number of rotatable bonds is 23. The second-order valence-electron chi connectivity index (χ2n) is 18.0. The molecule has 9 aromatic rings. The second-order valence-corrected chi connectivity index (χ2v) is 18.0. The summed E-state index contributed by atoms with van der Waals surface area (Å²) in [5.74, 6) is 2.33. The van der Waals surface area contributed by atoms with E-state index in [4.69, 9.17) is 39.6 Å². The van der Waals surface area contributed by atoms with E-state index in [1.165, 1.54) is 5.56 Å². The monoisotopic (exact) mass is 1020 g/mol. The van der Waals surface area contributed by atoms with E-state index in [2.05, 4.69) is 43.1 Å². The highest BCUT2D eigenvalue weighted by Crippen LogP contribution is 2.30. The highest BCUT2D eigenvalue weighted by molar-refractivity contribution is 5.84. The highest BCUT2D eigenvalue weighted by atomic mass is 16.7. The Bertz CT molecular complexity index is 3110.